The van der Waals surface area contributed by atoms with Crippen LogP contribution in [0.15, 0.2) is 89.6 Å². The van der Waals surface area contributed by atoms with Crippen molar-refractivity contribution < 1.29 is 9.90 Å². The Hall–Kier alpha value is -3.40. The number of hydrogen-bond donors (Lipinski definition) is 1. The first-order chi connectivity index (χ1) is 15.2. The summed E-state index contributed by atoms with van der Waals surface area (Å²) in [6.07, 6.45) is 12.0. The van der Waals surface area contributed by atoms with Gasteiger partial charge in [0.1, 0.15) is 11.4 Å². The molecule has 3 atom stereocenters. The first-order valence-electron chi connectivity index (χ1n) is 11.1. The molecule has 0 bridgehead atoms. The van der Waals surface area contributed by atoms with Gasteiger partial charge in [-0.25, -0.2) is 0 Å². The Balaban J connectivity index is 1.61. The molecule has 1 fully saturated rings. The molecule has 0 saturated heterocycles. The first-order valence-corrected chi connectivity index (χ1v) is 11.1. The number of ketones is 1. The molecule has 6 rings (SSSR count). The molecule has 1 saturated carbocycles. The molecule has 2 heterocycles. The van der Waals surface area contributed by atoms with Gasteiger partial charge in [-0.3, -0.25) is 9.79 Å². The highest BCUT2D eigenvalue weighted by Gasteiger charge is 2.56. The van der Waals surface area contributed by atoms with Gasteiger partial charge >= 0.3 is 0 Å². The molecule has 4 nitrogen and oxygen atoms in total. The van der Waals surface area contributed by atoms with Crippen molar-refractivity contribution in [3.63, 3.8) is 0 Å². The number of rotatable bonds is 2. The minimum Gasteiger partial charge on any atom is -0.508 e. The van der Waals surface area contributed by atoms with Crippen molar-refractivity contribution in [3.05, 3.63) is 95.7 Å². The summed E-state index contributed by atoms with van der Waals surface area (Å²) in [4.78, 5) is 20.0. The van der Waals surface area contributed by atoms with Crippen LogP contribution in [0.5, 0.6) is 5.75 Å². The highest BCUT2D eigenvalue weighted by molar-refractivity contribution is 6.21. The maximum absolute atomic E-state index is 12.3. The van der Waals surface area contributed by atoms with Crippen LogP contribution in [0.2, 0.25) is 0 Å². The zero-order valence-electron chi connectivity index (χ0n) is 17.2. The zero-order chi connectivity index (χ0) is 21.0. The Kier molecular flexibility index (Phi) is 4.04. The Bertz CT molecular complexity index is 1170. The molecular weight excluding hydrogens is 384 g/mol. The molecule has 1 N–H and O–H groups in total. The lowest BCUT2D eigenvalue weighted by atomic mass is 9.66. The summed E-state index contributed by atoms with van der Waals surface area (Å²) in [5, 5.41) is 9.86. The molecule has 2 aromatic rings. The molecule has 2 aliphatic carbocycles. The third-order valence-electron chi connectivity index (χ3n) is 7.15. The number of carbonyl (C=O) groups is 1. The predicted molar refractivity (Wildman–Crippen MR) is 121 cm³/mol. The summed E-state index contributed by atoms with van der Waals surface area (Å²) in [5.41, 5.74) is 4.84. The number of phenols is 1. The first kappa shape index (κ1) is 18.4. The highest BCUT2D eigenvalue weighted by atomic mass is 16.3. The lowest BCUT2D eigenvalue weighted by Gasteiger charge is -2.53. The summed E-state index contributed by atoms with van der Waals surface area (Å²) >= 11 is 0. The van der Waals surface area contributed by atoms with Crippen LogP contribution in [-0.4, -0.2) is 27.2 Å². The van der Waals surface area contributed by atoms with Crippen LogP contribution in [0.1, 0.15) is 42.7 Å². The predicted octanol–water partition coefficient (Wildman–Crippen LogP) is 5.20. The van der Waals surface area contributed by atoms with Crippen LogP contribution in [-0.2, 0) is 4.79 Å². The van der Waals surface area contributed by atoms with Crippen molar-refractivity contribution >= 4 is 17.2 Å². The lowest BCUT2D eigenvalue weighted by Crippen LogP contribution is -2.54. The van der Waals surface area contributed by atoms with Crippen molar-refractivity contribution in [2.75, 3.05) is 0 Å². The largest absolute Gasteiger partial charge is 0.508 e. The van der Waals surface area contributed by atoms with Gasteiger partial charge in [0.2, 0.25) is 0 Å². The quantitative estimate of drug-likeness (QED) is 0.695. The Morgan fingerprint density at radius 2 is 1.77 bits per heavy atom. The molecule has 2 aliphatic heterocycles. The normalized spacial score (nSPS) is 28.8. The molecule has 4 heteroatoms. The maximum atomic E-state index is 12.3. The van der Waals surface area contributed by atoms with Crippen LogP contribution in [0.4, 0.5) is 0 Å². The summed E-state index contributed by atoms with van der Waals surface area (Å²) in [5.74, 6) is 0.838. The molecular formula is C27H24N2O2. The van der Waals surface area contributed by atoms with Crippen molar-refractivity contribution in [3.8, 4) is 5.75 Å². The van der Waals surface area contributed by atoms with Crippen molar-refractivity contribution in [1.82, 2.24) is 4.90 Å². The van der Waals surface area contributed by atoms with E-state index in [9.17, 15) is 9.90 Å². The summed E-state index contributed by atoms with van der Waals surface area (Å²) in [6.45, 7) is 0. The standard InChI is InChI=1S/C27H24N2O2/c30-20-11-9-19(10-12-20)25-17-22(18-6-2-1-3-7-18)23-8-4-5-15-27(23)28-24-14-13-21(31)16-26(24)29(25)27/h1-3,6-7,9-14,16-17,22-23,30H,4-5,8,15H2/t22-,23-,27+/m1/s1. The fraction of sp³-hybridized carbons (Fsp3) is 0.259. The number of hydrogen-bond acceptors (Lipinski definition) is 4. The van der Waals surface area contributed by atoms with Crippen molar-refractivity contribution in [2.24, 2.45) is 10.9 Å². The summed E-state index contributed by atoms with van der Waals surface area (Å²) < 4.78 is 0. The second-order valence-corrected chi connectivity index (χ2v) is 8.86. The van der Waals surface area contributed by atoms with E-state index in [4.69, 9.17) is 4.99 Å². The molecule has 0 aromatic heterocycles. The zero-order valence-corrected chi connectivity index (χ0v) is 17.2. The van der Waals surface area contributed by atoms with E-state index in [0.717, 1.165) is 41.9 Å². The Morgan fingerprint density at radius 1 is 0.968 bits per heavy atom. The van der Waals surface area contributed by atoms with Crippen LogP contribution in [0.25, 0.3) is 5.70 Å². The van der Waals surface area contributed by atoms with E-state index in [1.54, 1.807) is 24.3 Å². The Labute approximate surface area is 181 Å². The highest BCUT2D eigenvalue weighted by Crippen LogP contribution is 2.57. The molecule has 4 aliphatic rings. The average Bonchev–Trinajstić information content (AvgIpc) is 3.12. The summed E-state index contributed by atoms with van der Waals surface area (Å²) in [7, 11) is 0. The summed E-state index contributed by atoms with van der Waals surface area (Å²) in [6, 6.07) is 18.1. The smallest absolute Gasteiger partial charge is 0.180 e. The van der Waals surface area contributed by atoms with Gasteiger partial charge < -0.3 is 10.0 Å². The number of fused-ring (bicyclic) bond motifs is 2. The molecule has 0 radical (unpaired) electrons. The van der Waals surface area contributed by atoms with Gasteiger partial charge in [-0.2, -0.15) is 0 Å². The SMILES string of the molecule is O=C1C=CC2=N[C@]34CCCC[C@@H]3[C@@H](c3ccccc3)C=C(c3ccc(O)cc3)N4C2=C1. The fourth-order valence-electron chi connectivity index (χ4n) is 5.85. The van der Waals surface area contributed by atoms with Crippen molar-refractivity contribution in [1.29, 1.82) is 0 Å². The van der Waals surface area contributed by atoms with Crippen LogP contribution in [0.3, 0.4) is 0 Å². The minimum atomic E-state index is -0.378. The van der Waals surface area contributed by atoms with Gasteiger partial charge in [0, 0.05) is 23.6 Å². The molecule has 154 valence electrons. The second-order valence-electron chi connectivity index (χ2n) is 8.86. The molecule has 2 aromatic carbocycles. The molecule has 0 amide bonds. The van der Waals surface area contributed by atoms with E-state index in [1.165, 1.54) is 12.0 Å². The molecule has 0 unspecified atom stereocenters. The number of carbonyl (C=O) groups excluding carboxylic acids is 1. The third-order valence-corrected chi connectivity index (χ3v) is 7.15. The second kappa shape index (κ2) is 6.81. The van der Waals surface area contributed by atoms with Crippen molar-refractivity contribution in [2.45, 2.75) is 37.3 Å². The number of allylic oxidation sites excluding steroid dienone is 4. The van der Waals surface area contributed by atoms with E-state index >= 15 is 0 Å². The maximum Gasteiger partial charge on any atom is 0.180 e. The third kappa shape index (κ3) is 2.74. The van der Waals surface area contributed by atoms with Gasteiger partial charge in [-0.1, -0.05) is 42.8 Å². The number of nitrogens with zero attached hydrogens (tertiary/aromatic N) is 2. The average molecular weight is 409 g/mol. The van der Waals surface area contributed by atoms with E-state index < -0.39 is 0 Å². The van der Waals surface area contributed by atoms with E-state index in [0.29, 0.717) is 5.92 Å². The van der Waals surface area contributed by atoms with Gasteiger partial charge in [0.05, 0.1) is 11.4 Å². The van der Waals surface area contributed by atoms with Crippen LogP contribution in [0, 0.1) is 5.92 Å². The van der Waals surface area contributed by atoms with Gasteiger partial charge in [0.15, 0.2) is 5.78 Å². The Morgan fingerprint density at radius 3 is 2.58 bits per heavy atom. The van der Waals surface area contributed by atoms with Gasteiger partial charge in [-0.15, -0.1) is 0 Å². The minimum absolute atomic E-state index is 0.00796. The van der Waals surface area contributed by atoms with Gasteiger partial charge in [-0.05, 0) is 66.8 Å². The van der Waals surface area contributed by atoms with Gasteiger partial charge in [0.25, 0.3) is 0 Å². The number of benzene rings is 2. The number of aromatic hydroxyl groups is 1. The van der Waals surface area contributed by atoms with E-state index in [2.05, 4.69) is 41.3 Å². The van der Waals surface area contributed by atoms with Crippen LogP contribution >= 0.6 is 0 Å². The lowest BCUT2D eigenvalue weighted by molar-refractivity contribution is -0.110. The topological polar surface area (TPSA) is 52.9 Å². The molecule has 31 heavy (non-hydrogen) atoms. The monoisotopic (exact) mass is 408 g/mol. The van der Waals surface area contributed by atoms with E-state index in [-0.39, 0.29) is 23.1 Å². The fourth-order valence-corrected chi connectivity index (χ4v) is 5.85. The number of phenolic OH excluding ortho intramolecular Hbond substituents is 1. The molecule has 1 spiro atoms. The van der Waals surface area contributed by atoms with E-state index in [1.807, 2.05) is 18.2 Å². The van der Waals surface area contributed by atoms with Crippen LogP contribution < -0.4 is 0 Å². The number of aliphatic imine (C=N–C) groups is 1.